The summed E-state index contributed by atoms with van der Waals surface area (Å²) in [5.41, 5.74) is 0. The van der Waals surface area contributed by atoms with Crippen molar-refractivity contribution < 1.29 is 12.6 Å². The molecule has 0 atom stereocenters. The molecule has 0 saturated carbocycles. The first-order chi connectivity index (χ1) is 4.62. The van der Waals surface area contributed by atoms with Crippen LogP contribution in [0.4, 0.5) is 0 Å². The minimum Gasteiger partial charge on any atom is -0.258 e. The third kappa shape index (κ3) is 4.72. The van der Waals surface area contributed by atoms with E-state index in [0.717, 1.165) is 12.8 Å². The quantitative estimate of drug-likeness (QED) is 0.598. The van der Waals surface area contributed by atoms with E-state index < -0.39 is 10.3 Å². The van der Waals surface area contributed by atoms with E-state index in [1.165, 1.54) is 7.05 Å². The van der Waals surface area contributed by atoms with E-state index in [1.54, 1.807) is 0 Å². The highest BCUT2D eigenvalue weighted by atomic mass is 32.2. The van der Waals surface area contributed by atoms with Crippen LogP contribution in [0.15, 0.2) is 0 Å². The van der Waals surface area contributed by atoms with Crippen LogP contribution in [0.1, 0.15) is 19.8 Å². The molecule has 4 nitrogen and oxygen atoms in total. The first kappa shape index (κ1) is 9.87. The van der Waals surface area contributed by atoms with E-state index >= 15 is 0 Å². The molecule has 0 unspecified atom stereocenters. The zero-order valence-corrected chi connectivity index (χ0v) is 7.07. The van der Waals surface area contributed by atoms with Gasteiger partial charge in [0.25, 0.3) is 0 Å². The number of nitrogens with one attached hydrogen (secondary N) is 1. The van der Waals surface area contributed by atoms with Gasteiger partial charge in [-0.2, -0.15) is 13.1 Å². The Bertz CT molecular complexity index is 164. The summed E-state index contributed by atoms with van der Waals surface area (Å²) in [7, 11) is -2.12. The van der Waals surface area contributed by atoms with Gasteiger partial charge in [-0.3, -0.25) is 4.18 Å². The van der Waals surface area contributed by atoms with Crippen molar-refractivity contribution in [3.8, 4) is 0 Å². The maximum atomic E-state index is 10.5. The maximum Gasteiger partial charge on any atom is 0.335 e. The van der Waals surface area contributed by atoms with Crippen LogP contribution in [0, 0.1) is 0 Å². The van der Waals surface area contributed by atoms with Crippen LogP contribution < -0.4 is 4.72 Å². The molecule has 0 aromatic rings. The van der Waals surface area contributed by atoms with Crippen LogP contribution in [-0.4, -0.2) is 22.1 Å². The Morgan fingerprint density at radius 3 is 2.50 bits per heavy atom. The molecule has 1 N–H and O–H groups in total. The van der Waals surface area contributed by atoms with Crippen molar-refractivity contribution in [2.24, 2.45) is 0 Å². The second-order valence-electron chi connectivity index (χ2n) is 1.83. The zero-order chi connectivity index (χ0) is 8.04. The van der Waals surface area contributed by atoms with Crippen molar-refractivity contribution in [2.45, 2.75) is 19.8 Å². The van der Waals surface area contributed by atoms with Gasteiger partial charge in [-0.1, -0.05) is 13.3 Å². The molecule has 0 aliphatic heterocycles. The fraction of sp³-hybridized carbons (Fsp3) is 1.00. The summed E-state index contributed by atoms with van der Waals surface area (Å²) >= 11 is 0. The van der Waals surface area contributed by atoms with Gasteiger partial charge in [0.15, 0.2) is 0 Å². The van der Waals surface area contributed by atoms with Gasteiger partial charge in [-0.05, 0) is 6.42 Å². The summed E-state index contributed by atoms with van der Waals surface area (Å²) in [6.45, 7) is 2.23. The van der Waals surface area contributed by atoms with E-state index in [9.17, 15) is 8.42 Å². The lowest BCUT2D eigenvalue weighted by Gasteiger charge is -2.00. The average molecular weight is 167 g/mol. The summed E-state index contributed by atoms with van der Waals surface area (Å²) in [5.74, 6) is 0. The second-order valence-corrected chi connectivity index (χ2v) is 3.39. The Kier molecular flexibility index (Phi) is 4.59. The van der Waals surface area contributed by atoms with Crippen molar-refractivity contribution in [2.75, 3.05) is 13.7 Å². The highest BCUT2D eigenvalue weighted by Crippen LogP contribution is 1.91. The first-order valence-electron chi connectivity index (χ1n) is 3.20. The number of rotatable bonds is 5. The van der Waals surface area contributed by atoms with Crippen LogP contribution in [0.3, 0.4) is 0 Å². The Morgan fingerprint density at radius 2 is 2.10 bits per heavy atom. The van der Waals surface area contributed by atoms with Crippen LogP contribution in [0.25, 0.3) is 0 Å². The van der Waals surface area contributed by atoms with E-state index in [2.05, 4.69) is 8.91 Å². The largest absolute Gasteiger partial charge is 0.335 e. The Hall–Kier alpha value is -0.130. The fourth-order valence-corrected chi connectivity index (χ4v) is 0.827. The molecule has 0 amide bonds. The third-order valence-electron chi connectivity index (χ3n) is 0.986. The van der Waals surface area contributed by atoms with Crippen molar-refractivity contribution >= 4 is 10.3 Å². The summed E-state index contributed by atoms with van der Waals surface area (Å²) in [4.78, 5) is 0. The molecule has 62 valence electrons. The average Bonchev–Trinajstić information content (AvgIpc) is 1.89. The predicted molar refractivity (Wildman–Crippen MR) is 38.8 cm³/mol. The van der Waals surface area contributed by atoms with Crippen molar-refractivity contribution in [1.29, 1.82) is 0 Å². The van der Waals surface area contributed by atoms with Gasteiger partial charge in [0, 0.05) is 7.05 Å². The van der Waals surface area contributed by atoms with Gasteiger partial charge < -0.3 is 0 Å². The minimum atomic E-state index is -3.44. The molecule has 0 aromatic heterocycles. The summed E-state index contributed by atoms with van der Waals surface area (Å²) in [6, 6.07) is 0. The van der Waals surface area contributed by atoms with Gasteiger partial charge in [0.1, 0.15) is 0 Å². The second kappa shape index (κ2) is 4.65. The van der Waals surface area contributed by atoms with Gasteiger partial charge in [0.2, 0.25) is 0 Å². The summed E-state index contributed by atoms with van der Waals surface area (Å²) in [6.07, 6.45) is 1.69. The summed E-state index contributed by atoms with van der Waals surface area (Å²) in [5, 5.41) is 0. The molecular formula is C5H13NO3S. The molecule has 10 heavy (non-hydrogen) atoms. The number of unbranched alkanes of at least 4 members (excludes halogenated alkanes) is 1. The molecule has 0 radical (unpaired) electrons. The zero-order valence-electron chi connectivity index (χ0n) is 6.25. The minimum absolute atomic E-state index is 0.264. The molecule has 0 spiro atoms. The van der Waals surface area contributed by atoms with Crippen molar-refractivity contribution in [3.05, 3.63) is 0 Å². The number of hydrogen-bond donors (Lipinski definition) is 1. The van der Waals surface area contributed by atoms with Crippen LogP contribution in [0.5, 0.6) is 0 Å². The lowest BCUT2D eigenvalue weighted by atomic mass is 10.4. The lowest BCUT2D eigenvalue weighted by molar-refractivity contribution is 0.306. The van der Waals surface area contributed by atoms with Crippen LogP contribution in [-0.2, 0) is 14.5 Å². The SMILES string of the molecule is CCCCOS(=O)(=O)NC. The monoisotopic (exact) mass is 167 g/mol. The predicted octanol–water partition coefficient (Wildman–Crippen LogP) is 0.267. The van der Waals surface area contributed by atoms with Crippen LogP contribution in [0.2, 0.25) is 0 Å². The highest BCUT2D eigenvalue weighted by Gasteiger charge is 2.04. The Morgan fingerprint density at radius 1 is 1.50 bits per heavy atom. The molecule has 0 aromatic carbocycles. The first-order valence-corrected chi connectivity index (χ1v) is 4.61. The molecular weight excluding hydrogens is 154 g/mol. The molecule has 0 fully saturated rings. The van der Waals surface area contributed by atoms with Gasteiger partial charge in [0.05, 0.1) is 6.61 Å². The Balaban J connectivity index is 3.49. The van der Waals surface area contributed by atoms with E-state index in [1.807, 2.05) is 6.92 Å². The maximum absolute atomic E-state index is 10.5. The molecule has 0 aliphatic carbocycles. The smallest absolute Gasteiger partial charge is 0.258 e. The molecule has 5 heteroatoms. The van der Waals surface area contributed by atoms with Gasteiger partial charge >= 0.3 is 10.3 Å². The van der Waals surface area contributed by atoms with Gasteiger partial charge in [-0.25, -0.2) is 0 Å². The van der Waals surface area contributed by atoms with E-state index in [-0.39, 0.29) is 6.61 Å². The Labute approximate surface area is 61.8 Å². The van der Waals surface area contributed by atoms with Crippen molar-refractivity contribution in [3.63, 3.8) is 0 Å². The number of hydrogen-bond acceptors (Lipinski definition) is 3. The van der Waals surface area contributed by atoms with E-state index in [4.69, 9.17) is 0 Å². The lowest BCUT2D eigenvalue weighted by Crippen LogP contribution is -2.21. The molecule has 0 heterocycles. The van der Waals surface area contributed by atoms with Crippen LogP contribution >= 0.6 is 0 Å². The molecule has 0 bridgehead atoms. The topological polar surface area (TPSA) is 55.4 Å². The molecule has 0 rings (SSSR count). The highest BCUT2D eigenvalue weighted by molar-refractivity contribution is 7.84. The molecule has 0 aliphatic rings. The fourth-order valence-electron chi connectivity index (χ4n) is 0.372. The van der Waals surface area contributed by atoms with Gasteiger partial charge in [-0.15, -0.1) is 0 Å². The summed E-state index contributed by atoms with van der Waals surface area (Å²) < 4.78 is 27.6. The third-order valence-corrected chi connectivity index (χ3v) is 1.96. The normalized spacial score (nSPS) is 11.8. The van der Waals surface area contributed by atoms with Crippen molar-refractivity contribution in [1.82, 2.24) is 4.72 Å². The molecule has 0 saturated heterocycles. The standard InChI is InChI=1S/C5H13NO3S/c1-3-4-5-9-10(7,8)6-2/h6H,3-5H2,1-2H3. The van der Waals surface area contributed by atoms with E-state index in [0.29, 0.717) is 0 Å².